The van der Waals surface area contributed by atoms with Gasteiger partial charge in [-0.15, -0.1) is 0 Å². The second kappa shape index (κ2) is 7.06. The van der Waals surface area contributed by atoms with Gasteiger partial charge in [0.15, 0.2) is 5.69 Å². The molecule has 7 heteroatoms. The van der Waals surface area contributed by atoms with Crippen LogP contribution in [0.4, 0.5) is 11.4 Å². The van der Waals surface area contributed by atoms with Gasteiger partial charge < -0.3 is 20.1 Å². The second-order valence-electron chi connectivity index (χ2n) is 7.55. The molecule has 2 atom stereocenters. The van der Waals surface area contributed by atoms with Crippen molar-refractivity contribution in [2.24, 2.45) is 5.92 Å². The lowest BCUT2D eigenvalue weighted by Crippen LogP contribution is -2.40. The number of para-hydroxylation sites is 2. The minimum atomic E-state index is -0.195. The summed E-state index contributed by atoms with van der Waals surface area (Å²) >= 11 is 0. The van der Waals surface area contributed by atoms with Gasteiger partial charge in [0.1, 0.15) is 5.76 Å². The number of hydrogen-bond acceptors (Lipinski definition) is 5. The minimum Gasteiger partial charge on any atom is -0.367 e. The van der Waals surface area contributed by atoms with Gasteiger partial charge in [-0.1, -0.05) is 24.2 Å². The van der Waals surface area contributed by atoms with Crippen molar-refractivity contribution in [1.29, 1.82) is 0 Å². The normalized spacial score (nSPS) is 21.9. The molecule has 2 aromatic rings. The van der Waals surface area contributed by atoms with Crippen LogP contribution in [-0.4, -0.2) is 36.1 Å². The van der Waals surface area contributed by atoms with Crippen LogP contribution in [0.3, 0.4) is 0 Å². The van der Waals surface area contributed by atoms with Crippen molar-refractivity contribution in [3.05, 3.63) is 41.8 Å². The molecule has 0 radical (unpaired) electrons. The first-order valence-electron chi connectivity index (χ1n) is 9.40. The number of anilines is 2. The van der Waals surface area contributed by atoms with Crippen molar-refractivity contribution in [3.63, 3.8) is 0 Å². The number of hydrogen-bond donors (Lipinski definition) is 2. The number of carbonyl (C=O) groups is 2. The maximum Gasteiger partial charge on any atom is 0.273 e. The average Bonchev–Trinajstić information content (AvgIpc) is 3.25. The van der Waals surface area contributed by atoms with Crippen LogP contribution in [0.2, 0.25) is 0 Å². The van der Waals surface area contributed by atoms with E-state index >= 15 is 0 Å². The van der Waals surface area contributed by atoms with E-state index in [9.17, 15) is 9.59 Å². The lowest BCUT2D eigenvalue weighted by Gasteiger charge is -2.22. The average molecular weight is 368 g/mol. The Bertz CT molecular complexity index is 858. The first-order chi connectivity index (χ1) is 13.0. The fourth-order valence-electron chi connectivity index (χ4n) is 3.60. The van der Waals surface area contributed by atoms with E-state index in [0.29, 0.717) is 18.2 Å². The molecule has 1 aliphatic heterocycles. The fourth-order valence-corrected chi connectivity index (χ4v) is 3.60. The van der Waals surface area contributed by atoms with E-state index < -0.39 is 0 Å². The summed E-state index contributed by atoms with van der Waals surface area (Å²) in [5.41, 5.74) is 2.10. The lowest BCUT2D eigenvalue weighted by atomic mass is 10.1. The molecule has 2 fully saturated rings. The van der Waals surface area contributed by atoms with Gasteiger partial charge in [-0.3, -0.25) is 9.59 Å². The maximum atomic E-state index is 12.5. The lowest BCUT2D eigenvalue weighted by molar-refractivity contribution is -0.114. The van der Waals surface area contributed by atoms with Crippen LogP contribution in [0, 0.1) is 5.92 Å². The molecule has 4 rings (SSSR count). The quantitative estimate of drug-likeness (QED) is 0.847. The third kappa shape index (κ3) is 3.82. The third-order valence-corrected chi connectivity index (χ3v) is 5.23. The summed E-state index contributed by atoms with van der Waals surface area (Å²) in [5, 5.41) is 9.88. The van der Waals surface area contributed by atoms with Gasteiger partial charge in [0.25, 0.3) is 5.91 Å². The van der Waals surface area contributed by atoms with Crippen LogP contribution in [0.1, 0.15) is 48.9 Å². The summed E-state index contributed by atoms with van der Waals surface area (Å²) in [7, 11) is 0. The Morgan fingerprint density at radius 3 is 2.74 bits per heavy atom. The molecule has 7 nitrogen and oxygen atoms in total. The Kier molecular flexibility index (Phi) is 4.59. The van der Waals surface area contributed by atoms with Crippen molar-refractivity contribution in [3.8, 4) is 0 Å². The van der Waals surface area contributed by atoms with E-state index in [4.69, 9.17) is 4.52 Å². The number of carbonyl (C=O) groups excluding carboxylic acids is 2. The third-order valence-electron chi connectivity index (χ3n) is 5.23. The van der Waals surface area contributed by atoms with Crippen molar-refractivity contribution in [2.75, 3.05) is 23.3 Å². The van der Waals surface area contributed by atoms with E-state index in [1.807, 2.05) is 24.3 Å². The van der Waals surface area contributed by atoms with Crippen LogP contribution in [-0.2, 0) is 4.79 Å². The topological polar surface area (TPSA) is 87.5 Å². The molecular formula is C20H24N4O3. The molecule has 27 heavy (non-hydrogen) atoms. The van der Waals surface area contributed by atoms with E-state index in [1.165, 1.54) is 6.92 Å². The SMILES string of the molecule is CC(=O)Nc1ccccc1N1C[C@@H](C)[C@H](NC(=O)c2cc(C3CC3)on2)C1. The summed E-state index contributed by atoms with van der Waals surface area (Å²) in [4.78, 5) is 26.2. The predicted molar refractivity (Wildman–Crippen MR) is 102 cm³/mol. The largest absolute Gasteiger partial charge is 0.367 e. The van der Waals surface area contributed by atoms with Gasteiger partial charge in [0, 0.05) is 32.0 Å². The van der Waals surface area contributed by atoms with E-state index in [-0.39, 0.29) is 23.8 Å². The number of aromatic nitrogens is 1. The van der Waals surface area contributed by atoms with Crippen LogP contribution in [0.15, 0.2) is 34.9 Å². The molecule has 2 heterocycles. The smallest absolute Gasteiger partial charge is 0.273 e. The van der Waals surface area contributed by atoms with Crippen molar-refractivity contribution < 1.29 is 14.1 Å². The second-order valence-corrected chi connectivity index (χ2v) is 7.55. The van der Waals surface area contributed by atoms with E-state index in [2.05, 4.69) is 27.6 Å². The van der Waals surface area contributed by atoms with Crippen LogP contribution >= 0.6 is 0 Å². The first-order valence-corrected chi connectivity index (χ1v) is 9.40. The van der Waals surface area contributed by atoms with Crippen molar-refractivity contribution in [1.82, 2.24) is 10.5 Å². The van der Waals surface area contributed by atoms with Crippen molar-refractivity contribution >= 4 is 23.2 Å². The van der Waals surface area contributed by atoms with Gasteiger partial charge in [-0.25, -0.2) is 0 Å². The summed E-state index contributed by atoms with van der Waals surface area (Å²) in [6.45, 7) is 5.09. The number of nitrogens with one attached hydrogen (secondary N) is 2. The standard InChI is InChI=1S/C20H24N4O3/c1-12-10-24(18-6-4-3-5-15(18)21-13(2)25)11-17(12)22-20(26)16-9-19(27-23-16)14-7-8-14/h3-6,9,12,14,17H,7-8,10-11H2,1-2H3,(H,21,25)(H,22,26)/t12-,17-/m1/s1. The monoisotopic (exact) mass is 368 g/mol. The van der Waals surface area contributed by atoms with E-state index in [1.54, 1.807) is 6.07 Å². The van der Waals surface area contributed by atoms with Gasteiger partial charge in [-0.2, -0.15) is 0 Å². The zero-order valence-corrected chi connectivity index (χ0v) is 15.6. The molecule has 0 spiro atoms. The molecule has 1 aromatic carbocycles. The maximum absolute atomic E-state index is 12.5. The summed E-state index contributed by atoms with van der Waals surface area (Å²) in [6, 6.07) is 9.49. The molecule has 1 saturated heterocycles. The van der Waals surface area contributed by atoms with Gasteiger partial charge in [-0.05, 0) is 30.9 Å². The Morgan fingerprint density at radius 2 is 2.00 bits per heavy atom. The van der Waals surface area contributed by atoms with E-state index in [0.717, 1.165) is 36.5 Å². The highest BCUT2D eigenvalue weighted by Crippen LogP contribution is 2.40. The van der Waals surface area contributed by atoms with Crippen LogP contribution in [0.5, 0.6) is 0 Å². The molecule has 1 aliphatic carbocycles. The summed E-state index contributed by atoms with van der Waals surface area (Å²) in [6.07, 6.45) is 2.22. The molecule has 0 unspecified atom stereocenters. The van der Waals surface area contributed by atoms with Crippen LogP contribution < -0.4 is 15.5 Å². The Hall–Kier alpha value is -2.83. The molecule has 1 aromatic heterocycles. The Morgan fingerprint density at radius 1 is 1.22 bits per heavy atom. The minimum absolute atomic E-state index is 0.00367. The predicted octanol–water partition coefficient (Wildman–Crippen LogP) is 2.77. The molecular weight excluding hydrogens is 344 g/mol. The fraction of sp³-hybridized carbons (Fsp3) is 0.450. The molecule has 2 aliphatic rings. The number of amides is 2. The number of rotatable bonds is 5. The summed E-state index contributed by atoms with van der Waals surface area (Å²) < 4.78 is 5.28. The van der Waals surface area contributed by atoms with Crippen LogP contribution in [0.25, 0.3) is 0 Å². The molecule has 2 N–H and O–H groups in total. The summed E-state index contributed by atoms with van der Waals surface area (Å²) in [5.74, 6) is 1.22. The highest BCUT2D eigenvalue weighted by atomic mass is 16.5. The van der Waals surface area contributed by atoms with Gasteiger partial charge >= 0.3 is 0 Å². The molecule has 142 valence electrons. The number of nitrogens with zero attached hydrogens (tertiary/aromatic N) is 2. The molecule has 2 amide bonds. The zero-order valence-electron chi connectivity index (χ0n) is 15.6. The zero-order chi connectivity index (χ0) is 19.0. The van der Waals surface area contributed by atoms with Crippen molar-refractivity contribution in [2.45, 2.75) is 38.6 Å². The van der Waals surface area contributed by atoms with Gasteiger partial charge in [0.05, 0.1) is 17.4 Å². The Labute approximate surface area is 158 Å². The first kappa shape index (κ1) is 17.6. The number of benzene rings is 1. The molecule has 1 saturated carbocycles. The highest BCUT2D eigenvalue weighted by molar-refractivity contribution is 5.93. The molecule has 0 bridgehead atoms. The highest BCUT2D eigenvalue weighted by Gasteiger charge is 2.33. The Balaban J connectivity index is 1.43. The van der Waals surface area contributed by atoms with Gasteiger partial charge in [0.2, 0.25) is 5.91 Å².